The second-order valence-corrected chi connectivity index (χ2v) is 7.16. The highest BCUT2D eigenvalue weighted by molar-refractivity contribution is 7.13. The van der Waals surface area contributed by atoms with E-state index in [0.29, 0.717) is 22.3 Å². The molecule has 0 spiro atoms. The van der Waals surface area contributed by atoms with Crippen LogP contribution in [0.1, 0.15) is 30.2 Å². The van der Waals surface area contributed by atoms with Crippen LogP contribution in [0.3, 0.4) is 0 Å². The molecule has 27 heavy (non-hydrogen) atoms. The molecule has 1 amide bonds. The first kappa shape index (κ1) is 17.3. The highest BCUT2D eigenvalue weighted by Crippen LogP contribution is 2.29. The van der Waals surface area contributed by atoms with Gasteiger partial charge in [-0.1, -0.05) is 12.1 Å². The molecule has 0 fully saturated rings. The first-order valence-corrected chi connectivity index (χ1v) is 9.25. The van der Waals surface area contributed by atoms with E-state index in [0.717, 1.165) is 4.88 Å². The van der Waals surface area contributed by atoms with Gasteiger partial charge < -0.3 is 5.32 Å². The quantitative estimate of drug-likeness (QED) is 0.564. The van der Waals surface area contributed by atoms with Crippen LogP contribution in [0.2, 0.25) is 0 Å². The van der Waals surface area contributed by atoms with Gasteiger partial charge in [0.1, 0.15) is 5.82 Å². The molecule has 0 unspecified atom stereocenters. The monoisotopic (exact) mass is 381 g/mol. The summed E-state index contributed by atoms with van der Waals surface area (Å²) in [5, 5.41) is 7.63. The number of carbonyl (C=O) groups excluding carboxylic acids is 1. The lowest BCUT2D eigenvalue weighted by atomic mass is 10.1. The number of aromatic nitrogens is 4. The Labute approximate surface area is 158 Å². The van der Waals surface area contributed by atoms with Crippen molar-refractivity contribution in [2.45, 2.75) is 19.9 Å². The zero-order chi connectivity index (χ0) is 19.0. The fourth-order valence-electron chi connectivity index (χ4n) is 2.80. The Balaban J connectivity index is 1.86. The third-order valence-corrected chi connectivity index (χ3v) is 4.90. The Morgan fingerprint density at radius 2 is 2.07 bits per heavy atom. The van der Waals surface area contributed by atoms with Crippen LogP contribution in [0.5, 0.6) is 0 Å². The maximum atomic E-state index is 13.9. The first-order valence-electron chi connectivity index (χ1n) is 8.37. The van der Waals surface area contributed by atoms with Gasteiger partial charge in [-0.3, -0.25) is 9.78 Å². The third kappa shape index (κ3) is 3.19. The van der Waals surface area contributed by atoms with Gasteiger partial charge >= 0.3 is 0 Å². The van der Waals surface area contributed by atoms with Crippen molar-refractivity contribution in [2.24, 2.45) is 0 Å². The molecule has 3 heterocycles. The van der Waals surface area contributed by atoms with Crippen molar-refractivity contribution in [1.29, 1.82) is 0 Å². The van der Waals surface area contributed by atoms with Gasteiger partial charge in [0, 0.05) is 12.2 Å². The number of nitrogens with one attached hydrogen (secondary N) is 1. The van der Waals surface area contributed by atoms with Crippen LogP contribution in [0.25, 0.3) is 21.6 Å². The summed E-state index contributed by atoms with van der Waals surface area (Å²) in [6, 6.07) is 7.84. The van der Waals surface area contributed by atoms with E-state index in [1.165, 1.54) is 23.5 Å². The summed E-state index contributed by atoms with van der Waals surface area (Å²) < 4.78 is 15.7. The van der Waals surface area contributed by atoms with Gasteiger partial charge in [0.25, 0.3) is 5.91 Å². The average molecular weight is 381 g/mol. The van der Waals surface area contributed by atoms with Crippen LogP contribution in [0, 0.1) is 5.82 Å². The first-order chi connectivity index (χ1) is 13.0. The summed E-state index contributed by atoms with van der Waals surface area (Å²) in [7, 11) is 0. The van der Waals surface area contributed by atoms with E-state index in [1.54, 1.807) is 40.8 Å². The summed E-state index contributed by atoms with van der Waals surface area (Å²) in [4.78, 5) is 22.5. The lowest BCUT2D eigenvalue weighted by Gasteiger charge is -2.10. The molecule has 8 heteroatoms. The van der Waals surface area contributed by atoms with Gasteiger partial charge in [-0.25, -0.2) is 14.1 Å². The molecule has 1 aromatic carbocycles. The molecule has 0 saturated heterocycles. The third-order valence-electron chi connectivity index (χ3n) is 4.11. The van der Waals surface area contributed by atoms with E-state index in [2.05, 4.69) is 20.4 Å². The van der Waals surface area contributed by atoms with Crippen molar-refractivity contribution in [3.05, 3.63) is 59.6 Å². The zero-order valence-electron chi connectivity index (χ0n) is 14.7. The van der Waals surface area contributed by atoms with Crippen LogP contribution in [0.15, 0.2) is 48.2 Å². The minimum absolute atomic E-state index is 0.0780. The number of pyridine rings is 1. The minimum atomic E-state index is -0.489. The van der Waals surface area contributed by atoms with E-state index in [9.17, 15) is 9.18 Å². The SMILES string of the molecule is CC(C)n1ncc2c(C(=O)Nc3ccccc3F)cc(-c3cncs3)nc21. The number of rotatable bonds is 4. The van der Waals surface area contributed by atoms with Crippen molar-refractivity contribution in [2.75, 3.05) is 5.32 Å². The van der Waals surface area contributed by atoms with Crippen molar-refractivity contribution < 1.29 is 9.18 Å². The molecule has 0 atom stereocenters. The molecule has 1 N–H and O–H groups in total. The summed E-state index contributed by atoms with van der Waals surface area (Å²) >= 11 is 1.43. The Morgan fingerprint density at radius 3 is 2.78 bits per heavy atom. The molecule has 0 aliphatic rings. The Kier molecular flexibility index (Phi) is 4.41. The predicted molar refractivity (Wildman–Crippen MR) is 103 cm³/mol. The van der Waals surface area contributed by atoms with Gasteiger partial charge in [-0.15, -0.1) is 11.3 Å². The van der Waals surface area contributed by atoms with Gasteiger partial charge in [0.15, 0.2) is 5.65 Å². The number of hydrogen-bond donors (Lipinski definition) is 1. The predicted octanol–water partition coefficient (Wildman–Crippen LogP) is 4.53. The molecule has 0 aliphatic heterocycles. The summed E-state index contributed by atoms with van der Waals surface area (Å²) in [5.41, 5.74) is 3.46. The van der Waals surface area contributed by atoms with Crippen molar-refractivity contribution >= 4 is 34.0 Å². The van der Waals surface area contributed by atoms with Crippen LogP contribution < -0.4 is 5.32 Å². The largest absolute Gasteiger partial charge is 0.319 e. The Bertz CT molecular complexity index is 1120. The molecule has 4 rings (SSSR count). The standard InChI is InChI=1S/C19H16FN5OS/c1-11(2)25-18-13(8-22-25)12(7-16(23-18)17-9-21-10-27-17)19(26)24-15-6-4-3-5-14(15)20/h3-11H,1-2H3,(H,24,26). The lowest BCUT2D eigenvalue weighted by Crippen LogP contribution is -2.14. The van der Waals surface area contributed by atoms with Crippen molar-refractivity contribution in [3.8, 4) is 10.6 Å². The Hall–Kier alpha value is -3.13. The Morgan fingerprint density at radius 1 is 1.26 bits per heavy atom. The molecular formula is C19H16FN5OS. The van der Waals surface area contributed by atoms with Crippen LogP contribution in [-0.2, 0) is 0 Å². The highest BCUT2D eigenvalue weighted by atomic mass is 32.1. The summed E-state index contributed by atoms with van der Waals surface area (Å²) in [6.07, 6.45) is 3.32. The maximum Gasteiger partial charge on any atom is 0.256 e. The van der Waals surface area contributed by atoms with Crippen molar-refractivity contribution in [1.82, 2.24) is 19.7 Å². The van der Waals surface area contributed by atoms with Gasteiger partial charge in [0.05, 0.1) is 38.9 Å². The number of hydrogen-bond acceptors (Lipinski definition) is 5. The fourth-order valence-corrected chi connectivity index (χ4v) is 3.39. The summed E-state index contributed by atoms with van der Waals surface area (Å²) in [5.74, 6) is -0.904. The number of thiazole rings is 1. The molecule has 4 aromatic rings. The number of para-hydroxylation sites is 1. The normalized spacial score (nSPS) is 11.3. The zero-order valence-corrected chi connectivity index (χ0v) is 15.5. The molecule has 0 aliphatic carbocycles. The molecule has 136 valence electrons. The van der Waals surface area contributed by atoms with Gasteiger partial charge in [-0.05, 0) is 32.0 Å². The molecule has 0 radical (unpaired) electrons. The molecule has 3 aromatic heterocycles. The number of anilines is 1. The second-order valence-electron chi connectivity index (χ2n) is 6.27. The van der Waals surface area contributed by atoms with E-state index in [-0.39, 0.29) is 11.7 Å². The number of nitrogens with zero attached hydrogens (tertiary/aromatic N) is 4. The molecule has 0 saturated carbocycles. The number of carbonyl (C=O) groups is 1. The number of benzene rings is 1. The van der Waals surface area contributed by atoms with Gasteiger partial charge in [-0.2, -0.15) is 5.10 Å². The topological polar surface area (TPSA) is 72.7 Å². The van der Waals surface area contributed by atoms with Crippen LogP contribution >= 0.6 is 11.3 Å². The van der Waals surface area contributed by atoms with E-state index >= 15 is 0 Å². The van der Waals surface area contributed by atoms with E-state index < -0.39 is 11.7 Å². The molecule has 0 bridgehead atoms. The average Bonchev–Trinajstić information content (AvgIpc) is 3.32. The molecule has 6 nitrogen and oxygen atoms in total. The molecular weight excluding hydrogens is 365 g/mol. The van der Waals surface area contributed by atoms with Crippen molar-refractivity contribution in [3.63, 3.8) is 0 Å². The van der Waals surface area contributed by atoms with Gasteiger partial charge in [0.2, 0.25) is 0 Å². The lowest BCUT2D eigenvalue weighted by molar-refractivity contribution is 0.102. The summed E-state index contributed by atoms with van der Waals surface area (Å²) in [6.45, 7) is 3.99. The highest BCUT2D eigenvalue weighted by Gasteiger charge is 2.19. The second kappa shape index (κ2) is 6.88. The van der Waals surface area contributed by atoms with Crippen LogP contribution in [-0.4, -0.2) is 25.7 Å². The van der Waals surface area contributed by atoms with Crippen LogP contribution in [0.4, 0.5) is 10.1 Å². The van der Waals surface area contributed by atoms with E-state index in [4.69, 9.17) is 0 Å². The smallest absolute Gasteiger partial charge is 0.256 e. The number of amides is 1. The number of fused-ring (bicyclic) bond motifs is 1. The fraction of sp³-hybridized carbons (Fsp3) is 0.158. The number of halogens is 1. The maximum absolute atomic E-state index is 13.9. The minimum Gasteiger partial charge on any atom is -0.319 e. The van der Waals surface area contributed by atoms with E-state index in [1.807, 2.05) is 13.8 Å².